The number of imide groups is 2. The van der Waals surface area contributed by atoms with Crippen LogP contribution in [0.3, 0.4) is 0 Å². The van der Waals surface area contributed by atoms with Crippen molar-refractivity contribution in [3.63, 3.8) is 0 Å². The summed E-state index contributed by atoms with van der Waals surface area (Å²) in [5, 5.41) is 0. The molecule has 0 bridgehead atoms. The Kier molecular flexibility index (Phi) is 8.10. The molecule has 4 rings (SSSR count). The molecule has 9 nitrogen and oxygen atoms in total. The molecule has 1 atom stereocenters. The van der Waals surface area contributed by atoms with Crippen molar-refractivity contribution in [3.05, 3.63) is 107 Å². The number of carbonyl (C=O) groups excluding carboxylic acids is 4. The fraction of sp³-hybridized carbons (Fsp3) is 0.200. The van der Waals surface area contributed by atoms with Crippen molar-refractivity contribution >= 4 is 23.8 Å². The first kappa shape index (κ1) is 27.1. The van der Waals surface area contributed by atoms with Crippen molar-refractivity contribution in [1.82, 2.24) is 9.80 Å². The van der Waals surface area contributed by atoms with Gasteiger partial charge >= 0.3 is 12.0 Å². The van der Waals surface area contributed by atoms with Crippen LogP contribution in [-0.2, 0) is 9.53 Å². The van der Waals surface area contributed by atoms with Crippen LogP contribution in [0.15, 0.2) is 90.1 Å². The molecule has 1 heterocycles. The average Bonchev–Trinajstić information content (AvgIpc) is 2.97. The van der Waals surface area contributed by atoms with Gasteiger partial charge in [-0.1, -0.05) is 30.3 Å². The first-order valence-electron chi connectivity index (χ1n) is 12.2. The third kappa shape index (κ3) is 5.24. The van der Waals surface area contributed by atoms with Gasteiger partial charge in [0.25, 0.3) is 11.8 Å². The Morgan fingerprint density at radius 3 is 1.77 bits per heavy atom. The number of esters is 1. The molecule has 9 heteroatoms. The van der Waals surface area contributed by atoms with Gasteiger partial charge in [0.2, 0.25) is 0 Å². The Morgan fingerprint density at radius 2 is 1.28 bits per heavy atom. The van der Waals surface area contributed by atoms with Gasteiger partial charge in [0.1, 0.15) is 17.5 Å². The van der Waals surface area contributed by atoms with Gasteiger partial charge in [0.15, 0.2) is 0 Å². The molecule has 0 radical (unpaired) electrons. The molecule has 0 saturated carbocycles. The summed E-state index contributed by atoms with van der Waals surface area (Å²) in [5.74, 6) is -1.09. The van der Waals surface area contributed by atoms with Crippen molar-refractivity contribution in [2.75, 3.05) is 20.8 Å². The van der Waals surface area contributed by atoms with Crippen LogP contribution in [0.4, 0.5) is 4.79 Å². The lowest BCUT2D eigenvalue weighted by Crippen LogP contribution is -2.54. The Bertz CT molecular complexity index is 1410. The summed E-state index contributed by atoms with van der Waals surface area (Å²) >= 11 is 0. The fourth-order valence-electron chi connectivity index (χ4n) is 4.41. The second kappa shape index (κ2) is 11.6. The predicted molar refractivity (Wildman–Crippen MR) is 142 cm³/mol. The molecular formula is C30H28N2O7. The van der Waals surface area contributed by atoms with Gasteiger partial charge in [-0.3, -0.25) is 9.59 Å². The normalized spacial score (nSPS) is 15.2. The maximum absolute atomic E-state index is 14.1. The van der Waals surface area contributed by atoms with Crippen molar-refractivity contribution in [3.8, 4) is 11.5 Å². The summed E-state index contributed by atoms with van der Waals surface area (Å²) in [6.45, 7) is 3.21. The highest BCUT2D eigenvalue weighted by atomic mass is 16.5. The van der Waals surface area contributed by atoms with E-state index in [9.17, 15) is 19.2 Å². The Hall–Kier alpha value is -4.92. The number of hydrogen-bond acceptors (Lipinski definition) is 7. The Labute approximate surface area is 226 Å². The van der Waals surface area contributed by atoms with Crippen LogP contribution >= 0.6 is 0 Å². The monoisotopic (exact) mass is 528 g/mol. The van der Waals surface area contributed by atoms with Gasteiger partial charge in [-0.05, 0) is 67.9 Å². The minimum Gasteiger partial charge on any atom is -0.497 e. The maximum atomic E-state index is 14.1. The number of amides is 4. The van der Waals surface area contributed by atoms with Gasteiger partial charge in [0.05, 0.1) is 26.4 Å². The van der Waals surface area contributed by atoms with E-state index < -0.39 is 29.9 Å². The van der Waals surface area contributed by atoms with E-state index in [4.69, 9.17) is 14.2 Å². The van der Waals surface area contributed by atoms with Crippen molar-refractivity contribution in [2.24, 2.45) is 0 Å². The van der Waals surface area contributed by atoms with E-state index >= 15 is 0 Å². The van der Waals surface area contributed by atoms with E-state index in [0.29, 0.717) is 17.1 Å². The maximum Gasteiger partial charge on any atom is 0.339 e. The molecule has 1 aliphatic heterocycles. The number of nitrogens with zero attached hydrogens (tertiary/aromatic N) is 2. The van der Waals surface area contributed by atoms with Crippen molar-refractivity contribution in [1.29, 1.82) is 0 Å². The zero-order valence-corrected chi connectivity index (χ0v) is 22.0. The highest BCUT2D eigenvalue weighted by Crippen LogP contribution is 2.39. The highest BCUT2D eigenvalue weighted by Gasteiger charge is 2.47. The molecule has 0 aliphatic carbocycles. The molecule has 39 heavy (non-hydrogen) atoms. The third-order valence-corrected chi connectivity index (χ3v) is 6.36. The summed E-state index contributed by atoms with van der Waals surface area (Å²) < 4.78 is 15.7. The smallest absolute Gasteiger partial charge is 0.339 e. The minimum absolute atomic E-state index is 0.00590. The average molecular weight is 529 g/mol. The molecule has 0 fully saturated rings. The number of allylic oxidation sites excluding steroid dienone is 1. The zero-order valence-electron chi connectivity index (χ0n) is 22.0. The number of ether oxygens (including phenoxy) is 3. The zero-order chi connectivity index (χ0) is 28.1. The lowest BCUT2D eigenvalue weighted by atomic mass is 9.92. The molecule has 1 unspecified atom stereocenters. The number of urea groups is 1. The summed E-state index contributed by atoms with van der Waals surface area (Å²) in [7, 11) is 2.99. The Balaban J connectivity index is 1.92. The lowest BCUT2D eigenvalue weighted by molar-refractivity contribution is -0.139. The molecular weight excluding hydrogens is 500 g/mol. The van der Waals surface area contributed by atoms with Crippen LogP contribution in [0.25, 0.3) is 0 Å². The number of carbonyl (C=O) groups is 4. The Morgan fingerprint density at radius 1 is 0.769 bits per heavy atom. The standard InChI is InChI=1S/C30H28N2O7/c1-5-39-29(35)25-19(2)31(27(33)21-11-15-23(37-3)16-12-21)30(36)32(26(25)20-9-7-6-8-10-20)28(34)22-13-17-24(38-4)18-14-22/h6-18,26H,5H2,1-4H3. The topological polar surface area (TPSA) is 102 Å². The second-order valence-electron chi connectivity index (χ2n) is 8.59. The van der Waals surface area contributed by atoms with Gasteiger partial charge in [-0.2, -0.15) is 0 Å². The van der Waals surface area contributed by atoms with Gasteiger partial charge < -0.3 is 14.2 Å². The molecule has 0 saturated heterocycles. The van der Waals surface area contributed by atoms with E-state index in [1.54, 1.807) is 61.5 Å². The van der Waals surface area contributed by atoms with E-state index in [0.717, 1.165) is 9.80 Å². The highest BCUT2D eigenvalue weighted by molar-refractivity contribution is 6.15. The molecule has 0 N–H and O–H groups in total. The second-order valence-corrected chi connectivity index (χ2v) is 8.59. The van der Waals surface area contributed by atoms with Crippen LogP contribution in [0.2, 0.25) is 0 Å². The van der Waals surface area contributed by atoms with Crippen molar-refractivity contribution in [2.45, 2.75) is 19.9 Å². The number of methoxy groups -OCH3 is 2. The van der Waals surface area contributed by atoms with Gasteiger partial charge in [-0.15, -0.1) is 0 Å². The summed E-state index contributed by atoms with van der Waals surface area (Å²) in [6.07, 6.45) is 0. The molecule has 200 valence electrons. The van der Waals surface area contributed by atoms with E-state index in [1.807, 2.05) is 0 Å². The van der Waals surface area contributed by atoms with Crippen LogP contribution in [0, 0.1) is 0 Å². The summed E-state index contributed by atoms with van der Waals surface area (Å²) in [6, 6.07) is 19.0. The van der Waals surface area contributed by atoms with Crippen LogP contribution < -0.4 is 9.47 Å². The molecule has 3 aromatic rings. The minimum atomic E-state index is -1.13. The SMILES string of the molecule is CCOC(=O)C1=C(C)N(C(=O)c2ccc(OC)cc2)C(=O)N(C(=O)c2ccc(OC)cc2)C1c1ccccc1. The quantitative estimate of drug-likeness (QED) is 0.398. The summed E-state index contributed by atoms with van der Waals surface area (Å²) in [5.41, 5.74) is 0.927. The van der Waals surface area contributed by atoms with Crippen LogP contribution in [-0.4, -0.2) is 54.4 Å². The third-order valence-electron chi connectivity index (χ3n) is 6.36. The fourth-order valence-corrected chi connectivity index (χ4v) is 4.41. The molecule has 4 amide bonds. The largest absolute Gasteiger partial charge is 0.497 e. The van der Waals surface area contributed by atoms with Crippen LogP contribution in [0.5, 0.6) is 11.5 Å². The number of benzene rings is 3. The molecule has 0 aromatic heterocycles. The first-order valence-corrected chi connectivity index (χ1v) is 12.2. The number of rotatable bonds is 7. The molecule has 1 aliphatic rings. The molecule has 0 spiro atoms. The van der Waals surface area contributed by atoms with Crippen LogP contribution in [0.1, 0.15) is 46.2 Å². The van der Waals surface area contributed by atoms with E-state index in [1.165, 1.54) is 45.4 Å². The summed E-state index contributed by atoms with van der Waals surface area (Å²) in [4.78, 5) is 56.9. The first-order chi connectivity index (χ1) is 18.8. The molecule has 3 aromatic carbocycles. The van der Waals surface area contributed by atoms with E-state index in [-0.39, 0.29) is 29.0 Å². The van der Waals surface area contributed by atoms with Gasteiger partial charge in [-0.25, -0.2) is 19.4 Å². The van der Waals surface area contributed by atoms with Gasteiger partial charge in [0, 0.05) is 16.8 Å². The predicted octanol–water partition coefficient (Wildman–Crippen LogP) is 5.00. The van der Waals surface area contributed by atoms with Crippen molar-refractivity contribution < 1.29 is 33.4 Å². The lowest BCUT2D eigenvalue weighted by Gasteiger charge is -2.40. The van der Waals surface area contributed by atoms with E-state index in [2.05, 4.69) is 0 Å². The number of hydrogen-bond donors (Lipinski definition) is 0.